The predicted molar refractivity (Wildman–Crippen MR) is 97.2 cm³/mol. The third-order valence-electron chi connectivity index (χ3n) is 4.82. The first-order valence-corrected chi connectivity index (χ1v) is 8.98. The third kappa shape index (κ3) is 3.42. The van der Waals surface area contributed by atoms with E-state index < -0.39 is 0 Å². The monoisotopic (exact) mass is 357 g/mol. The van der Waals surface area contributed by atoms with E-state index in [1.165, 1.54) is 5.56 Å². The molecule has 3 heterocycles. The second-order valence-electron chi connectivity index (χ2n) is 6.40. The summed E-state index contributed by atoms with van der Waals surface area (Å²) < 4.78 is 5.94. The molecule has 1 fully saturated rings. The number of fused-ring (bicyclic) bond motifs is 1. The number of nitrogens with zero attached hydrogens (tertiary/aromatic N) is 3. The molecular formula is C19H20ClN3O2. The zero-order valence-electron chi connectivity index (χ0n) is 13.9. The van der Waals surface area contributed by atoms with E-state index in [0.717, 1.165) is 37.5 Å². The van der Waals surface area contributed by atoms with Gasteiger partial charge in [-0.25, -0.2) is 4.98 Å². The van der Waals surface area contributed by atoms with Gasteiger partial charge in [0.1, 0.15) is 11.6 Å². The Labute approximate surface area is 152 Å². The molecule has 1 aromatic heterocycles. The molecule has 1 saturated heterocycles. The highest BCUT2D eigenvalue weighted by molar-refractivity contribution is 6.30. The first kappa shape index (κ1) is 16.2. The molecule has 0 radical (unpaired) electrons. The largest absolute Gasteiger partial charge is 0.480 e. The van der Waals surface area contributed by atoms with Gasteiger partial charge in [-0.05, 0) is 36.6 Å². The van der Waals surface area contributed by atoms with Crippen molar-refractivity contribution in [3.05, 3.63) is 53.2 Å². The van der Waals surface area contributed by atoms with E-state index in [4.69, 9.17) is 16.3 Å². The average Bonchev–Trinajstić information content (AvgIpc) is 2.68. The minimum Gasteiger partial charge on any atom is -0.480 e. The second kappa shape index (κ2) is 6.92. The molecule has 2 aromatic rings. The number of halogens is 1. The van der Waals surface area contributed by atoms with Gasteiger partial charge in [0.15, 0.2) is 6.10 Å². The maximum absolute atomic E-state index is 12.8. The number of hydrogen-bond acceptors (Lipinski definition) is 4. The van der Waals surface area contributed by atoms with Crippen molar-refractivity contribution in [3.63, 3.8) is 0 Å². The molecule has 1 atom stereocenters. The summed E-state index contributed by atoms with van der Waals surface area (Å²) in [6.45, 7) is 2.91. The number of aryl methyl sites for hydroxylation is 1. The summed E-state index contributed by atoms with van der Waals surface area (Å²) in [5.41, 5.74) is 1.19. The van der Waals surface area contributed by atoms with Gasteiger partial charge in [-0.3, -0.25) is 4.79 Å². The maximum Gasteiger partial charge on any atom is 0.263 e. The highest BCUT2D eigenvalue weighted by Crippen LogP contribution is 2.28. The van der Waals surface area contributed by atoms with E-state index in [1.807, 2.05) is 35.2 Å². The summed E-state index contributed by atoms with van der Waals surface area (Å²) in [6.07, 6.45) is 2.92. The number of hydrogen-bond donors (Lipinski definition) is 0. The summed E-state index contributed by atoms with van der Waals surface area (Å²) in [7, 11) is 0. The minimum atomic E-state index is -0.366. The van der Waals surface area contributed by atoms with Crippen LogP contribution in [0.1, 0.15) is 12.0 Å². The number of pyridine rings is 1. The first-order valence-electron chi connectivity index (χ1n) is 8.60. The van der Waals surface area contributed by atoms with Crippen molar-refractivity contribution in [1.29, 1.82) is 0 Å². The summed E-state index contributed by atoms with van der Waals surface area (Å²) >= 11 is 5.89. The van der Waals surface area contributed by atoms with Gasteiger partial charge in [0.25, 0.3) is 5.91 Å². The molecule has 130 valence electrons. The molecule has 2 aliphatic heterocycles. The van der Waals surface area contributed by atoms with Crippen LogP contribution >= 0.6 is 11.6 Å². The number of amides is 1. The van der Waals surface area contributed by atoms with E-state index in [-0.39, 0.29) is 12.0 Å². The molecular weight excluding hydrogens is 338 g/mol. The zero-order chi connectivity index (χ0) is 17.2. The van der Waals surface area contributed by atoms with E-state index in [1.54, 1.807) is 6.20 Å². The van der Waals surface area contributed by atoms with Crippen molar-refractivity contribution in [2.24, 2.45) is 0 Å². The van der Waals surface area contributed by atoms with Gasteiger partial charge >= 0.3 is 0 Å². The number of carbonyl (C=O) groups excluding carboxylic acids is 1. The fourth-order valence-electron chi connectivity index (χ4n) is 3.41. The number of anilines is 1. The number of carbonyl (C=O) groups is 1. The molecule has 0 aliphatic carbocycles. The molecule has 5 nitrogen and oxygen atoms in total. The Balaban J connectivity index is 1.36. The number of ether oxygens (including phenoxy) is 1. The lowest BCUT2D eigenvalue weighted by molar-refractivity contribution is -0.139. The predicted octanol–water partition coefficient (Wildman–Crippen LogP) is 2.78. The Hall–Kier alpha value is -2.27. The van der Waals surface area contributed by atoms with Crippen LogP contribution in [0.4, 0.5) is 5.82 Å². The lowest BCUT2D eigenvalue weighted by Gasteiger charge is -2.37. The van der Waals surface area contributed by atoms with Crippen LogP contribution in [0.5, 0.6) is 5.75 Å². The molecule has 0 saturated carbocycles. The molecule has 0 N–H and O–H groups in total. The van der Waals surface area contributed by atoms with Crippen LogP contribution in [0, 0.1) is 0 Å². The Morgan fingerprint density at radius 3 is 2.68 bits per heavy atom. The van der Waals surface area contributed by atoms with Crippen molar-refractivity contribution in [2.45, 2.75) is 18.9 Å². The van der Waals surface area contributed by atoms with E-state index >= 15 is 0 Å². The molecule has 0 spiro atoms. The standard InChI is InChI=1S/C19H20ClN3O2/c20-15-6-8-18(21-13-15)22-9-11-23(12-10-22)19(24)17-7-5-14-3-1-2-4-16(14)25-17/h1-4,6,8,13,17H,5,7,9-12H2/t17-/m1/s1. The zero-order valence-corrected chi connectivity index (χ0v) is 14.7. The fraction of sp³-hybridized carbons (Fsp3) is 0.368. The second-order valence-corrected chi connectivity index (χ2v) is 6.84. The smallest absolute Gasteiger partial charge is 0.263 e. The first-order chi connectivity index (χ1) is 12.2. The Kier molecular flexibility index (Phi) is 4.49. The summed E-state index contributed by atoms with van der Waals surface area (Å²) in [6, 6.07) is 11.7. The highest BCUT2D eigenvalue weighted by atomic mass is 35.5. The van der Waals surface area contributed by atoms with E-state index in [0.29, 0.717) is 18.1 Å². The fourth-order valence-corrected chi connectivity index (χ4v) is 3.52. The van der Waals surface area contributed by atoms with Gasteiger partial charge in [-0.15, -0.1) is 0 Å². The van der Waals surface area contributed by atoms with Crippen molar-refractivity contribution < 1.29 is 9.53 Å². The molecule has 1 amide bonds. The molecule has 2 aliphatic rings. The molecule has 1 aromatic carbocycles. The van der Waals surface area contributed by atoms with Crippen LogP contribution in [0.2, 0.25) is 5.02 Å². The lowest BCUT2D eigenvalue weighted by Crippen LogP contribution is -2.53. The SMILES string of the molecule is O=C([C@H]1CCc2ccccc2O1)N1CCN(c2ccc(Cl)cn2)CC1. The third-order valence-corrected chi connectivity index (χ3v) is 5.04. The van der Waals surface area contributed by atoms with Gasteiger partial charge in [0, 0.05) is 32.4 Å². The topological polar surface area (TPSA) is 45.7 Å². The van der Waals surface area contributed by atoms with Crippen LogP contribution in [-0.2, 0) is 11.2 Å². The van der Waals surface area contributed by atoms with Gasteiger partial charge in [-0.2, -0.15) is 0 Å². The summed E-state index contributed by atoms with van der Waals surface area (Å²) in [4.78, 5) is 21.2. The van der Waals surface area contributed by atoms with E-state index in [9.17, 15) is 4.79 Å². The number of rotatable bonds is 2. The van der Waals surface area contributed by atoms with Crippen LogP contribution < -0.4 is 9.64 Å². The summed E-state index contributed by atoms with van der Waals surface area (Å²) in [5.74, 6) is 1.84. The number of piperazine rings is 1. The summed E-state index contributed by atoms with van der Waals surface area (Å²) in [5, 5.41) is 0.632. The van der Waals surface area contributed by atoms with Crippen LogP contribution in [0.3, 0.4) is 0 Å². The van der Waals surface area contributed by atoms with Crippen molar-refractivity contribution >= 4 is 23.3 Å². The van der Waals surface area contributed by atoms with Crippen LogP contribution in [-0.4, -0.2) is 48.1 Å². The van der Waals surface area contributed by atoms with Gasteiger partial charge < -0.3 is 14.5 Å². The van der Waals surface area contributed by atoms with Crippen molar-refractivity contribution in [2.75, 3.05) is 31.1 Å². The van der Waals surface area contributed by atoms with Crippen LogP contribution in [0.25, 0.3) is 0 Å². The molecule has 25 heavy (non-hydrogen) atoms. The average molecular weight is 358 g/mol. The normalized spacial score (nSPS) is 20.0. The lowest BCUT2D eigenvalue weighted by atomic mass is 10.0. The van der Waals surface area contributed by atoms with Gasteiger partial charge in [-0.1, -0.05) is 29.8 Å². The van der Waals surface area contributed by atoms with Gasteiger partial charge in [0.05, 0.1) is 5.02 Å². The Morgan fingerprint density at radius 1 is 1.12 bits per heavy atom. The quantitative estimate of drug-likeness (QED) is 0.829. The molecule has 4 rings (SSSR count). The van der Waals surface area contributed by atoms with Crippen molar-refractivity contribution in [3.8, 4) is 5.75 Å². The number of benzene rings is 1. The number of para-hydroxylation sites is 1. The van der Waals surface area contributed by atoms with Crippen molar-refractivity contribution in [1.82, 2.24) is 9.88 Å². The molecule has 6 heteroatoms. The maximum atomic E-state index is 12.8. The van der Waals surface area contributed by atoms with Crippen LogP contribution in [0.15, 0.2) is 42.6 Å². The Morgan fingerprint density at radius 2 is 1.92 bits per heavy atom. The van der Waals surface area contributed by atoms with Gasteiger partial charge in [0.2, 0.25) is 0 Å². The van der Waals surface area contributed by atoms with E-state index in [2.05, 4.69) is 16.0 Å². The highest BCUT2D eigenvalue weighted by Gasteiger charge is 2.31. The molecule has 0 unspecified atom stereocenters. The molecule has 0 bridgehead atoms. The number of aromatic nitrogens is 1. The minimum absolute atomic E-state index is 0.0956. The Bertz CT molecular complexity index is 758.